The third kappa shape index (κ3) is 5.15. The smallest absolute Gasteiger partial charge is 0.427 e. The summed E-state index contributed by atoms with van der Waals surface area (Å²) in [6, 6.07) is 0. The normalized spacial score (nSPS) is 11.2. The maximum Gasteiger partial charge on any atom is 0.550 e. The van der Waals surface area contributed by atoms with Crippen LogP contribution in [0.25, 0.3) is 0 Å². The molecule has 3 heteroatoms. The molecule has 1 radical (unpaired) electrons. The molecule has 0 saturated heterocycles. The molecule has 0 rings (SSSR count). The molecule has 0 amide bonds. The molecule has 0 unspecified atom stereocenters. The number of rotatable bonds is 3. The van der Waals surface area contributed by atoms with Crippen LogP contribution in [0.3, 0.4) is 0 Å². The van der Waals surface area contributed by atoms with Gasteiger partial charge in [0.2, 0.25) is 0 Å². The molecule has 3 nitrogen and oxygen atoms in total. The van der Waals surface area contributed by atoms with E-state index in [9.17, 15) is 9.90 Å². The van der Waals surface area contributed by atoms with Crippen molar-refractivity contribution in [2.24, 2.45) is 0 Å². The van der Waals surface area contributed by atoms with Crippen molar-refractivity contribution in [2.45, 2.75) is 20.3 Å². The Bertz CT molecular complexity index is 138. The van der Waals surface area contributed by atoms with E-state index in [1.54, 1.807) is 0 Å². The number of ether oxygens (including phenoxy) is 1. The van der Waals surface area contributed by atoms with Gasteiger partial charge >= 0.3 is 6.16 Å². The highest BCUT2D eigenvalue weighted by Crippen LogP contribution is 1.95. The van der Waals surface area contributed by atoms with Crippen LogP contribution in [0.4, 0.5) is 4.79 Å². The Labute approximate surface area is 60.3 Å². The standard InChI is InChI=1S/C7H11O3/c1-3-4-6(2)5-10-7(8)9/h4H,3,5H2,1-2H3/b6-4+. The maximum atomic E-state index is 9.75. The Morgan fingerprint density at radius 3 is 2.60 bits per heavy atom. The van der Waals surface area contributed by atoms with Crippen molar-refractivity contribution in [2.75, 3.05) is 6.61 Å². The summed E-state index contributed by atoms with van der Waals surface area (Å²) in [7, 11) is 0. The lowest BCUT2D eigenvalue weighted by Gasteiger charge is -1.97. The van der Waals surface area contributed by atoms with Crippen molar-refractivity contribution in [1.82, 2.24) is 0 Å². The van der Waals surface area contributed by atoms with Gasteiger partial charge in [-0.2, -0.15) is 9.90 Å². The van der Waals surface area contributed by atoms with Crippen molar-refractivity contribution in [3.05, 3.63) is 11.6 Å². The zero-order chi connectivity index (χ0) is 7.98. The second kappa shape index (κ2) is 4.85. The van der Waals surface area contributed by atoms with Crippen LogP contribution in [0.15, 0.2) is 11.6 Å². The van der Waals surface area contributed by atoms with Crippen molar-refractivity contribution >= 4 is 6.16 Å². The van der Waals surface area contributed by atoms with Crippen LogP contribution in [0, 0.1) is 0 Å². The van der Waals surface area contributed by atoms with Crippen molar-refractivity contribution in [1.29, 1.82) is 0 Å². The van der Waals surface area contributed by atoms with Crippen LogP contribution in [0.2, 0.25) is 0 Å². The summed E-state index contributed by atoms with van der Waals surface area (Å²) in [5.74, 6) is 0. The molecular formula is C7H11O3. The topological polar surface area (TPSA) is 46.2 Å². The number of carbonyl (C=O) groups excluding carboxylic acids is 1. The number of carbonyl (C=O) groups is 1. The third-order valence-corrected chi connectivity index (χ3v) is 0.970. The van der Waals surface area contributed by atoms with Crippen LogP contribution >= 0.6 is 0 Å². The molecular weight excluding hydrogens is 132 g/mol. The van der Waals surface area contributed by atoms with Gasteiger partial charge in [-0.05, 0) is 18.9 Å². The van der Waals surface area contributed by atoms with E-state index >= 15 is 0 Å². The van der Waals surface area contributed by atoms with Gasteiger partial charge in [-0.3, -0.25) is 0 Å². The van der Waals surface area contributed by atoms with E-state index in [0.717, 1.165) is 12.0 Å². The van der Waals surface area contributed by atoms with E-state index in [1.165, 1.54) is 0 Å². The molecule has 0 N–H and O–H groups in total. The van der Waals surface area contributed by atoms with Crippen molar-refractivity contribution in [3.63, 3.8) is 0 Å². The molecule has 0 aliphatic heterocycles. The van der Waals surface area contributed by atoms with Gasteiger partial charge in [0, 0.05) is 0 Å². The molecule has 0 saturated carbocycles. The molecule has 0 aromatic heterocycles. The summed E-state index contributed by atoms with van der Waals surface area (Å²) >= 11 is 0. The van der Waals surface area contributed by atoms with Gasteiger partial charge in [0.1, 0.15) is 6.61 Å². The van der Waals surface area contributed by atoms with E-state index in [0.29, 0.717) is 0 Å². The van der Waals surface area contributed by atoms with Crippen LogP contribution < -0.4 is 0 Å². The molecule has 0 aromatic carbocycles. The lowest BCUT2D eigenvalue weighted by atomic mass is 10.3. The largest absolute Gasteiger partial charge is 0.550 e. The van der Waals surface area contributed by atoms with Gasteiger partial charge in [0.05, 0.1) is 0 Å². The molecule has 0 bridgehead atoms. The Balaban J connectivity index is 3.48. The molecule has 57 valence electrons. The van der Waals surface area contributed by atoms with Crippen molar-refractivity contribution in [3.8, 4) is 0 Å². The Morgan fingerprint density at radius 1 is 1.60 bits per heavy atom. The maximum absolute atomic E-state index is 9.75. The first-order valence-electron chi connectivity index (χ1n) is 3.16. The SMILES string of the molecule is CC/C=C(\C)COC([O])=O. The molecule has 0 atom stereocenters. The van der Waals surface area contributed by atoms with E-state index in [2.05, 4.69) is 4.74 Å². The Morgan fingerprint density at radius 2 is 2.20 bits per heavy atom. The highest BCUT2D eigenvalue weighted by Gasteiger charge is 1.97. The molecule has 0 spiro atoms. The predicted molar refractivity (Wildman–Crippen MR) is 36.1 cm³/mol. The first-order valence-corrected chi connectivity index (χ1v) is 3.16. The van der Waals surface area contributed by atoms with Crippen LogP contribution in [-0.4, -0.2) is 12.8 Å². The minimum Gasteiger partial charge on any atom is -0.427 e. The van der Waals surface area contributed by atoms with Crippen LogP contribution in [0.5, 0.6) is 0 Å². The molecule has 10 heavy (non-hydrogen) atoms. The average Bonchev–Trinajstić information content (AvgIpc) is 1.85. The molecule has 0 aliphatic carbocycles. The first-order chi connectivity index (χ1) is 4.66. The fourth-order valence-electron chi connectivity index (χ4n) is 0.580. The van der Waals surface area contributed by atoms with E-state index in [1.807, 2.05) is 19.9 Å². The second-order valence-electron chi connectivity index (χ2n) is 2.00. The van der Waals surface area contributed by atoms with Gasteiger partial charge in [-0.1, -0.05) is 13.0 Å². The number of hydrogen-bond donors (Lipinski definition) is 0. The second-order valence-corrected chi connectivity index (χ2v) is 2.00. The highest BCUT2D eigenvalue weighted by molar-refractivity contribution is 5.56. The monoisotopic (exact) mass is 143 g/mol. The quantitative estimate of drug-likeness (QED) is 0.447. The minimum atomic E-state index is -1.47. The third-order valence-electron chi connectivity index (χ3n) is 0.970. The van der Waals surface area contributed by atoms with Gasteiger partial charge < -0.3 is 4.74 Å². The zero-order valence-corrected chi connectivity index (χ0v) is 6.22. The zero-order valence-electron chi connectivity index (χ0n) is 6.22. The average molecular weight is 143 g/mol. The first kappa shape index (κ1) is 9.01. The summed E-state index contributed by atoms with van der Waals surface area (Å²) in [5.41, 5.74) is 0.909. The Hall–Kier alpha value is -0.990. The van der Waals surface area contributed by atoms with E-state index in [-0.39, 0.29) is 6.61 Å². The van der Waals surface area contributed by atoms with Crippen LogP contribution in [-0.2, 0) is 9.84 Å². The Kier molecular flexibility index (Phi) is 4.37. The highest BCUT2D eigenvalue weighted by atomic mass is 16.7. The molecule has 0 fully saturated rings. The summed E-state index contributed by atoms with van der Waals surface area (Å²) in [6.07, 6.45) is 1.33. The van der Waals surface area contributed by atoms with Gasteiger partial charge in [0.15, 0.2) is 0 Å². The molecule has 0 aromatic rings. The van der Waals surface area contributed by atoms with Crippen molar-refractivity contribution < 1.29 is 14.6 Å². The van der Waals surface area contributed by atoms with E-state index < -0.39 is 6.16 Å². The lowest BCUT2D eigenvalue weighted by molar-refractivity contribution is 0.0749. The van der Waals surface area contributed by atoms with Gasteiger partial charge in [0.25, 0.3) is 0 Å². The minimum absolute atomic E-state index is 0.121. The lowest BCUT2D eigenvalue weighted by Crippen LogP contribution is -2.00. The summed E-state index contributed by atoms with van der Waals surface area (Å²) in [4.78, 5) is 9.75. The number of allylic oxidation sites excluding steroid dienone is 1. The predicted octanol–water partition coefficient (Wildman–Crippen LogP) is 1.91. The van der Waals surface area contributed by atoms with Gasteiger partial charge in [-0.15, -0.1) is 0 Å². The fraction of sp³-hybridized carbons (Fsp3) is 0.571. The summed E-state index contributed by atoms with van der Waals surface area (Å²) < 4.78 is 4.19. The number of hydrogen-bond acceptors (Lipinski definition) is 2. The van der Waals surface area contributed by atoms with E-state index in [4.69, 9.17) is 0 Å². The molecule has 0 heterocycles. The molecule has 0 aliphatic rings. The summed E-state index contributed by atoms with van der Waals surface area (Å²) in [5, 5.41) is 9.75. The fourth-order valence-corrected chi connectivity index (χ4v) is 0.580. The van der Waals surface area contributed by atoms with Gasteiger partial charge in [-0.25, -0.2) is 0 Å². The summed E-state index contributed by atoms with van der Waals surface area (Å²) in [6.45, 7) is 3.91. The van der Waals surface area contributed by atoms with Crippen LogP contribution in [0.1, 0.15) is 20.3 Å².